The Bertz CT molecular complexity index is 642. The second-order valence-corrected chi connectivity index (χ2v) is 5.28. The molecule has 1 N–H and O–H groups in total. The number of hydrogen-bond donors (Lipinski definition) is 1. The second kappa shape index (κ2) is 5.25. The molecule has 2 aromatic rings. The summed E-state index contributed by atoms with van der Waals surface area (Å²) >= 11 is 0. The van der Waals surface area contributed by atoms with E-state index in [2.05, 4.69) is 10.4 Å². The number of nitrogens with one attached hydrogen (secondary N) is 1. The maximum absolute atomic E-state index is 11.6. The van der Waals surface area contributed by atoms with Gasteiger partial charge in [-0.3, -0.25) is 4.68 Å². The highest BCUT2D eigenvalue weighted by atomic mass is 16.5. The molecule has 1 aromatic carbocycles. The molecule has 1 aliphatic rings. The number of methoxy groups -OCH3 is 1. The van der Waals surface area contributed by atoms with Crippen LogP contribution in [0.3, 0.4) is 0 Å². The van der Waals surface area contributed by atoms with Crippen LogP contribution in [0, 0.1) is 0 Å². The van der Waals surface area contributed by atoms with E-state index in [1.165, 1.54) is 13.5 Å². The van der Waals surface area contributed by atoms with Gasteiger partial charge in [0, 0.05) is 24.9 Å². The van der Waals surface area contributed by atoms with Gasteiger partial charge in [-0.2, -0.15) is 5.10 Å². The van der Waals surface area contributed by atoms with Gasteiger partial charge in [0.1, 0.15) is 0 Å². The van der Waals surface area contributed by atoms with Crippen LogP contribution in [0.4, 0.5) is 0 Å². The molecule has 1 atom stereocenters. The van der Waals surface area contributed by atoms with Crippen LogP contribution in [0.25, 0.3) is 10.9 Å². The average Bonchev–Trinajstić information content (AvgIpc) is 2.84. The first-order chi connectivity index (χ1) is 9.70. The summed E-state index contributed by atoms with van der Waals surface area (Å²) in [5.41, 5.74) is 2.68. The van der Waals surface area contributed by atoms with Crippen molar-refractivity contribution in [2.24, 2.45) is 7.05 Å². The van der Waals surface area contributed by atoms with E-state index in [9.17, 15) is 4.79 Å². The molecule has 0 saturated carbocycles. The summed E-state index contributed by atoms with van der Waals surface area (Å²) in [5, 5.41) is 9.22. The molecule has 5 heteroatoms. The molecule has 2 heterocycles. The number of rotatable bonds is 2. The highest BCUT2D eigenvalue weighted by Crippen LogP contribution is 2.29. The number of ether oxygens (including phenoxy) is 1. The Kier molecular flexibility index (Phi) is 3.44. The maximum atomic E-state index is 11.6. The molecule has 0 bridgehead atoms. The van der Waals surface area contributed by atoms with Gasteiger partial charge in [0.25, 0.3) is 0 Å². The van der Waals surface area contributed by atoms with E-state index in [-0.39, 0.29) is 5.97 Å². The molecule has 1 unspecified atom stereocenters. The summed E-state index contributed by atoms with van der Waals surface area (Å²) in [4.78, 5) is 11.6. The van der Waals surface area contributed by atoms with Crippen LogP contribution in [-0.4, -0.2) is 35.9 Å². The van der Waals surface area contributed by atoms with Crippen molar-refractivity contribution in [2.45, 2.75) is 18.8 Å². The molecule has 5 nitrogen and oxygen atoms in total. The summed E-state index contributed by atoms with van der Waals surface area (Å²) < 4.78 is 6.62. The lowest BCUT2D eigenvalue weighted by atomic mass is 9.94. The van der Waals surface area contributed by atoms with Crippen LogP contribution in [0.15, 0.2) is 18.2 Å². The van der Waals surface area contributed by atoms with Crippen LogP contribution in [0.2, 0.25) is 0 Å². The van der Waals surface area contributed by atoms with Crippen molar-refractivity contribution in [3.63, 3.8) is 0 Å². The topological polar surface area (TPSA) is 56.1 Å². The third kappa shape index (κ3) is 2.18. The summed E-state index contributed by atoms with van der Waals surface area (Å²) in [7, 11) is 3.32. The van der Waals surface area contributed by atoms with Gasteiger partial charge in [-0.05, 0) is 31.5 Å². The lowest BCUT2D eigenvalue weighted by molar-refractivity contribution is 0.0601. The van der Waals surface area contributed by atoms with Gasteiger partial charge >= 0.3 is 5.97 Å². The van der Waals surface area contributed by atoms with Gasteiger partial charge < -0.3 is 10.1 Å². The number of hydrogen-bond acceptors (Lipinski definition) is 4. The van der Waals surface area contributed by atoms with Crippen LogP contribution < -0.4 is 5.32 Å². The molecule has 1 fully saturated rings. The average molecular weight is 273 g/mol. The first kappa shape index (κ1) is 13.1. The van der Waals surface area contributed by atoms with Gasteiger partial charge in [0.05, 0.1) is 23.9 Å². The van der Waals surface area contributed by atoms with E-state index in [4.69, 9.17) is 4.74 Å². The van der Waals surface area contributed by atoms with E-state index in [1.54, 1.807) is 0 Å². The number of fused-ring (bicyclic) bond motifs is 1. The van der Waals surface area contributed by atoms with Crippen molar-refractivity contribution in [3.05, 3.63) is 29.5 Å². The van der Waals surface area contributed by atoms with Crippen molar-refractivity contribution in [2.75, 3.05) is 20.2 Å². The molecule has 1 aliphatic heterocycles. The smallest absolute Gasteiger partial charge is 0.337 e. The number of benzene rings is 1. The zero-order valence-electron chi connectivity index (χ0n) is 11.8. The van der Waals surface area contributed by atoms with Crippen LogP contribution in [0.1, 0.15) is 34.8 Å². The molecule has 3 rings (SSSR count). The normalized spacial score (nSPS) is 19.2. The summed E-state index contributed by atoms with van der Waals surface area (Å²) in [5.74, 6) is 0.144. The van der Waals surface area contributed by atoms with Gasteiger partial charge in [-0.15, -0.1) is 0 Å². The van der Waals surface area contributed by atoms with Gasteiger partial charge in [0.2, 0.25) is 0 Å². The van der Waals surface area contributed by atoms with Gasteiger partial charge in [0.15, 0.2) is 0 Å². The molecular formula is C15H19N3O2. The molecule has 0 radical (unpaired) electrons. The zero-order valence-corrected chi connectivity index (χ0v) is 11.8. The summed E-state index contributed by atoms with van der Waals surface area (Å²) in [6.07, 6.45) is 2.35. The van der Waals surface area contributed by atoms with E-state index >= 15 is 0 Å². The van der Waals surface area contributed by atoms with Crippen molar-refractivity contribution in [1.82, 2.24) is 15.1 Å². The molecule has 1 aromatic heterocycles. The Labute approximate surface area is 117 Å². The molecule has 1 saturated heterocycles. The van der Waals surface area contributed by atoms with Gasteiger partial charge in [-0.1, -0.05) is 6.07 Å². The molecule has 0 aliphatic carbocycles. The third-order valence-electron chi connectivity index (χ3n) is 3.98. The maximum Gasteiger partial charge on any atom is 0.337 e. The van der Waals surface area contributed by atoms with Crippen LogP contribution in [0.5, 0.6) is 0 Å². The Morgan fingerprint density at radius 3 is 3.05 bits per heavy atom. The van der Waals surface area contributed by atoms with Crippen LogP contribution >= 0.6 is 0 Å². The quantitative estimate of drug-likeness (QED) is 0.848. The van der Waals surface area contributed by atoms with Crippen LogP contribution in [-0.2, 0) is 11.8 Å². The molecule has 0 amide bonds. The number of carbonyl (C=O) groups is 1. The number of aromatic nitrogens is 2. The summed E-state index contributed by atoms with van der Waals surface area (Å²) in [6.45, 7) is 2.07. The zero-order chi connectivity index (χ0) is 14.1. The van der Waals surface area contributed by atoms with Gasteiger partial charge in [-0.25, -0.2) is 4.79 Å². The fourth-order valence-corrected chi connectivity index (χ4v) is 2.92. The lowest BCUT2D eigenvalue weighted by Gasteiger charge is -2.21. The fourth-order valence-electron chi connectivity index (χ4n) is 2.92. The number of esters is 1. The monoisotopic (exact) mass is 273 g/mol. The standard InChI is InChI=1S/C15H19N3O2/c1-18-13-8-10(15(19)20-2)5-6-12(13)14(17-18)11-4-3-7-16-9-11/h5-6,8,11,16H,3-4,7,9H2,1-2H3. The number of nitrogens with zero attached hydrogens (tertiary/aromatic N) is 2. The number of piperidine rings is 1. The molecular weight excluding hydrogens is 254 g/mol. The van der Waals surface area contributed by atoms with Crippen molar-refractivity contribution >= 4 is 16.9 Å². The van der Waals surface area contributed by atoms with Crippen molar-refractivity contribution in [3.8, 4) is 0 Å². The predicted molar refractivity (Wildman–Crippen MR) is 76.9 cm³/mol. The van der Waals surface area contributed by atoms with Crippen molar-refractivity contribution in [1.29, 1.82) is 0 Å². The van der Waals surface area contributed by atoms with E-state index in [1.807, 2.05) is 29.9 Å². The fraction of sp³-hybridized carbons (Fsp3) is 0.467. The minimum Gasteiger partial charge on any atom is -0.465 e. The Morgan fingerprint density at radius 2 is 2.35 bits per heavy atom. The van der Waals surface area contributed by atoms with E-state index in [0.29, 0.717) is 11.5 Å². The Hall–Kier alpha value is -1.88. The summed E-state index contributed by atoms with van der Waals surface area (Å²) in [6, 6.07) is 5.65. The molecule has 0 spiro atoms. The predicted octanol–water partition coefficient (Wildman–Crippen LogP) is 1.83. The van der Waals surface area contributed by atoms with E-state index < -0.39 is 0 Å². The largest absolute Gasteiger partial charge is 0.465 e. The number of aryl methyl sites for hydroxylation is 1. The van der Waals surface area contributed by atoms with E-state index in [0.717, 1.165) is 36.1 Å². The molecule has 106 valence electrons. The van der Waals surface area contributed by atoms with Crippen molar-refractivity contribution < 1.29 is 9.53 Å². The Balaban J connectivity index is 2.05. The SMILES string of the molecule is COC(=O)c1ccc2c(C3CCCNC3)nn(C)c2c1. The minimum absolute atomic E-state index is 0.311. The Morgan fingerprint density at radius 1 is 1.50 bits per heavy atom. The first-order valence-corrected chi connectivity index (χ1v) is 6.96. The highest BCUT2D eigenvalue weighted by Gasteiger charge is 2.21. The lowest BCUT2D eigenvalue weighted by Crippen LogP contribution is -2.28. The first-order valence-electron chi connectivity index (χ1n) is 6.96. The second-order valence-electron chi connectivity index (χ2n) is 5.28. The number of carbonyl (C=O) groups excluding carboxylic acids is 1. The minimum atomic E-state index is -0.311. The highest BCUT2D eigenvalue weighted by molar-refractivity contribution is 5.95. The third-order valence-corrected chi connectivity index (χ3v) is 3.98. The molecule has 20 heavy (non-hydrogen) atoms.